The monoisotopic (exact) mass is 275 g/mol. The van der Waals surface area contributed by atoms with Crippen molar-refractivity contribution in [2.45, 2.75) is 51.6 Å². The van der Waals surface area contributed by atoms with Gasteiger partial charge in [-0.1, -0.05) is 12.8 Å². The smallest absolute Gasteiger partial charge is 0.239 e. The summed E-state index contributed by atoms with van der Waals surface area (Å²) in [6.45, 7) is 5.87. The zero-order valence-corrected chi connectivity index (χ0v) is 12.5. The van der Waals surface area contributed by atoms with E-state index in [-0.39, 0.29) is 18.0 Å². The summed E-state index contributed by atoms with van der Waals surface area (Å²) in [6, 6.07) is 3.99. The van der Waals surface area contributed by atoms with Crippen LogP contribution in [0.5, 0.6) is 0 Å². The van der Waals surface area contributed by atoms with Crippen molar-refractivity contribution in [2.24, 2.45) is 0 Å². The summed E-state index contributed by atoms with van der Waals surface area (Å²) in [5, 5.41) is 3.39. The first kappa shape index (κ1) is 15.0. The van der Waals surface area contributed by atoms with E-state index in [2.05, 4.69) is 17.2 Å². The summed E-state index contributed by atoms with van der Waals surface area (Å²) >= 11 is 0. The Morgan fingerprint density at radius 2 is 1.75 bits per heavy atom. The highest BCUT2D eigenvalue weighted by atomic mass is 16.2. The Kier molecular flexibility index (Phi) is 5.53. The van der Waals surface area contributed by atoms with Crippen LogP contribution in [-0.4, -0.2) is 34.9 Å². The van der Waals surface area contributed by atoms with Crippen LogP contribution in [0, 0.1) is 0 Å². The van der Waals surface area contributed by atoms with Gasteiger partial charge < -0.3 is 4.90 Å². The van der Waals surface area contributed by atoms with E-state index >= 15 is 0 Å². The van der Waals surface area contributed by atoms with E-state index < -0.39 is 0 Å². The molecule has 4 nitrogen and oxygen atoms in total. The van der Waals surface area contributed by atoms with Gasteiger partial charge >= 0.3 is 0 Å². The molecule has 2 rings (SSSR count). The van der Waals surface area contributed by atoms with Gasteiger partial charge in [0.2, 0.25) is 5.91 Å². The second-order valence-electron chi connectivity index (χ2n) is 5.63. The van der Waals surface area contributed by atoms with Crippen LogP contribution in [0.25, 0.3) is 0 Å². The number of likely N-dealkylation sites (tertiary alicyclic amines) is 1. The molecule has 1 unspecified atom stereocenters. The molecule has 0 radical (unpaired) electrons. The van der Waals surface area contributed by atoms with Crippen LogP contribution in [0.4, 0.5) is 0 Å². The van der Waals surface area contributed by atoms with Crippen molar-refractivity contribution in [3.8, 4) is 0 Å². The Bertz CT molecular complexity index is 413. The van der Waals surface area contributed by atoms with Crippen LogP contribution >= 0.6 is 0 Å². The van der Waals surface area contributed by atoms with Crippen molar-refractivity contribution in [1.29, 1.82) is 0 Å². The van der Waals surface area contributed by atoms with Gasteiger partial charge in [-0.2, -0.15) is 0 Å². The van der Waals surface area contributed by atoms with E-state index in [0.29, 0.717) is 0 Å². The zero-order chi connectivity index (χ0) is 14.4. The Morgan fingerprint density at radius 1 is 1.15 bits per heavy atom. The first-order valence-corrected chi connectivity index (χ1v) is 7.63. The maximum atomic E-state index is 12.5. The van der Waals surface area contributed by atoms with Crippen LogP contribution in [-0.2, 0) is 4.79 Å². The first-order valence-electron chi connectivity index (χ1n) is 7.63. The molecule has 110 valence electrons. The molecule has 0 spiro atoms. The van der Waals surface area contributed by atoms with Crippen molar-refractivity contribution in [3.63, 3.8) is 0 Å². The quantitative estimate of drug-likeness (QED) is 0.918. The van der Waals surface area contributed by atoms with Gasteiger partial charge in [0.25, 0.3) is 0 Å². The Morgan fingerprint density at radius 3 is 2.35 bits per heavy atom. The lowest BCUT2D eigenvalue weighted by Gasteiger charge is -2.26. The van der Waals surface area contributed by atoms with Gasteiger partial charge in [0.05, 0.1) is 6.04 Å². The van der Waals surface area contributed by atoms with Crippen molar-refractivity contribution in [2.75, 3.05) is 13.1 Å². The van der Waals surface area contributed by atoms with Crippen molar-refractivity contribution >= 4 is 5.91 Å². The number of nitrogens with one attached hydrogen (secondary N) is 1. The molecular weight excluding hydrogens is 250 g/mol. The van der Waals surface area contributed by atoms with Gasteiger partial charge in [-0.05, 0) is 44.4 Å². The lowest BCUT2D eigenvalue weighted by Crippen LogP contribution is -2.45. The van der Waals surface area contributed by atoms with Gasteiger partial charge in [0, 0.05) is 31.5 Å². The molecule has 1 aromatic rings. The van der Waals surface area contributed by atoms with E-state index in [1.165, 1.54) is 12.8 Å². The van der Waals surface area contributed by atoms with Crippen molar-refractivity contribution < 1.29 is 4.79 Å². The molecule has 1 N–H and O–H groups in total. The fourth-order valence-electron chi connectivity index (χ4n) is 2.76. The minimum atomic E-state index is -0.142. The number of rotatable bonds is 4. The summed E-state index contributed by atoms with van der Waals surface area (Å²) < 4.78 is 0. The predicted octanol–water partition coefficient (Wildman–Crippen LogP) is 2.52. The first-order chi connectivity index (χ1) is 9.68. The third-order valence-electron chi connectivity index (χ3n) is 3.99. The molecule has 1 aromatic heterocycles. The Balaban J connectivity index is 1.90. The lowest BCUT2D eigenvalue weighted by molar-refractivity contribution is -0.133. The third kappa shape index (κ3) is 4.04. The minimum absolute atomic E-state index is 0.142. The molecule has 0 bridgehead atoms. The van der Waals surface area contributed by atoms with E-state index in [0.717, 1.165) is 31.5 Å². The molecule has 1 fully saturated rings. The van der Waals surface area contributed by atoms with Gasteiger partial charge in [-0.15, -0.1) is 0 Å². The molecule has 1 aliphatic heterocycles. The molecule has 4 heteroatoms. The number of carbonyl (C=O) groups excluding carboxylic acids is 1. The number of hydrogen-bond acceptors (Lipinski definition) is 3. The number of carbonyl (C=O) groups is 1. The van der Waals surface area contributed by atoms with Gasteiger partial charge in [-0.3, -0.25) is 15.1 Å². The molecule has 0 aromatic carbocycles. The van der Waals surface area contributed by atoms with Crippen LogP contribution in [0.1, 0.15) is 51.1 Å². The number of aromatic nitrogens is 1. The Hall–Kier alpha value is -1.42. The van der Waals surface area contributed by atoms with E-state index in [4.69, 9.17) is 0 Å². The largest absolute Gasteiger partial charge is 0.341 e. The molecule has 0 aliphatic carbocycles. The van der Waals surface area contributed by atoms with Crippen LogP contribution in [0.15, 0.2) is 24.5 Å². The van der Waals surface area contributed by atoms with E-state index in [1.54, 1.807) is 12.4 Å². The molecule has 0 saturated carbocycles. The fraction of sp³-hybridized carbons (Fsp3) is 0.625. The highest BCUT2D eigenvalue weighted by Crippen LogP contribution is 2.14. The molecule has 1 amide bonds. The zero-order valence-electron chi connectivity index (χ0n) is 12.5. The number of amides is 1. The summed E-state index contributed by atoms with van der Waals surface area (Å²) in [4.78, 5) is 18.5. The summed E-state index contributed by atoms with van der Waals surface area (Å²) in [6.07, 6.45) is 8.35. The molecule has 2 heterocycles. The highest BCUT2D eigenvalue weighted by molar-refractivity contribution is 5.81. The molecule has 1 saturated heterocycles. The molecule has 2 atom stereocenters. The summed E-state index contributed by atoms with van der Waals surface area (Å²) in [5.41, 5.74) is 1.16. The molecule has 20 heavy (non-hydrogen) atoms. The molecule has 1 aliphatic rings. The van der Waals surface area contributed by atoms with E-state index in [1.807, 2.05) is 24.0 Å². The maximum Gasteiger partial charge on any atom is 0.239 e. The van der Waals surface area contributed by atoms with Crippen LogP contribution < -0.4 is 5.32 Å². The number of pyridine rings is 1. The third-order valence-corrected chi connectivity index (χ3v) is 3.99. The normalized spacial score (nSPS) is 19.2. The van der Waals surface area contributed by atoms with Gasteiger partial charge in [0.1, 0.15) is 0 Å². The summed E-state index contributed by atoms with van der Waals surface area (Å²) in [5.74, 6) is 0.229. The Labute approximate surface area is 121 Å². The van der Waals surface area contributed by atoms with Gasteiger partial charge in [0.15, 0.2) is 0 Å². The SMILES string of the molecule is CC(N[C@@H](C)c1ccncc1)C(=O)N1CCCCCC1. The van der Waals surface area contributed by atoms with Gasteiger partial charge in [-0.25, -0.2) is 0 Å². The fourth-order valence-corrected chi connectivity index (χ4v) is 2.76. The molecular formula is C16H25N3O. The van der Waals surface area contributed by atoms with Crippen LogP contribution in [0.3, 0.4) is 0 Å². The van der Waals surface area contributed by atoms with Crippen molar-refractivity contribution in [1.82, 2.24) is 15.2 Å². The maximum absolute atomic E-state index is 12.5. The van der Waals surface area contributed by atoms with Crippen LogP contribution in [0.2, 0.25) is 0 Å². The standard InChI is InChI=1S/C16H25N3O/c1-13(15-7-9-17-10-8-15)18-14(2)16(20)19-11-5-3-4-6-12-19/h7-10,13-14,18H,3-6,11-12H2,1-2H3/t13-,14?/m0/s1. The van der Waals surface area contributed by atoms with E-state index in [9.17, 15) is 4.79 Å². The highest BCUT2D eigenvalue weighted by Gasteiger charge is 2.22. The predicted molar refractivity (Wildman–Crippen MR) is 80.3 cm³/mol. The summed E-state index contributed by atoms with van der Waals surface area (Å²) in [7, 11) is 0. The minimum Gasteiger partial charge on any atom is -0.341 e. The second-order valence-corrected chi connectivity index (χ2v) is 5.63. The lowest BCUT2D eigenvalue weighted by atomic mass is 10.1. The number of hydrogen-bond donors (Lipinski definition) is 1. The topological polar surface area (TPSA) is 45.2 Å². The second kappa shape index (κ2) is 7.39. The number of nitrogens with zero attached hydrogens (tertiary/aromatic N) is 2. The average Bonchev–Trinajstić information content (AvgIpc) is 2.76. The average molecular weight is 275 g/mol. The van der Waals surface area contributed by atoms with Crippen molar-refractivity contribution in [3.05, 3.63) is 30.1 Å².